The summed E-state index contributed by atoms with van der Waals surface area (Å²) in [6, 6.07) is 3.89. The van der Waals surface area contributed by atoms with Gasteiger partial charge in [-0.2, -0.15) is 13.9 Å². The van der Waals surface area contributed by atoms with Gasteiger partial charge in [0.05, 0.1) is 46.1 Å². The molecule has 1 unspecified atom stereocenters. The Balaban J connectivity index is 1.20. The van der Waals surface area contributed by atoms with E-state index in [1.54, 1.807) is 22.0 Å². The molecule has 2 aliphatic rings. The van der Waals surface area contributed by atoms with Crippen molar-refractivity contribution in [3.8, 4) is 17.0 Å². The summed E-state index contributed by atoms with van der Waals surface area (Å²) in [5, 5.41) is 6.74. The lowest BCUT2D eigenvalue weighted by Gasteiger charge is -2.25. The maximum Gasteiger partial charge on any atom is 0.387 e. The molecule has 1 aliphatic heterocycles. The highest BCUT2D eigenvalue weighted by atomic mass is 35.5. The molecule has 1 N–H and O–H groups in total. The highest BCUT2D eigenvalue weighted by Crippen LogP contribution is 2.43. The number of nitrogens with one attached hydrogen (secondary N) is 1. The van der Waals surface area contributed by atoms with E-state index in [0.717, 1.165) is 42.3 Å². The molecular weight excluding hydrogens is 599 g/mol. The Morgan fingerprint density at radius 2 is 1.95 bits per heavy atom. The third kappa shape index (κ3) is 5.36. The molecule has 0 bridgehead atoms. The van der Waals surface area contributed by atoms with Crippen molar-refractivity contribution in [1.29, 1.82) is 0 Å². The van der Waals surface area contributed by atoms with Crippen molar-refractivity contribution >= 4 is 34.9 Å². The number of rotatable bonds is 8. The van der Waals surface area contributed by atoms with E-state index in [-0.39, 0.29) is 40.0 Å². The molecule has 3 atom stereocenters. The lowest BCUT2D eigenvalue weighted by molar-refractivity contribution is -0.123. The molecule has 4 aromatic rings. The molecule has 44 heavy (non-hydrogen) atoms. The first-order valence-electron chi connectivity index (χ1n) is 13.9. The third-order valence-corrected chi connectivity index (χ3v) is 8.48. The average molecular weight is 626 g/mol. The van der Waals surface area contributed by atoms with Gasteiger partial charge in [0.2, 0.25) is 5.91 Å². The van der Waals surface area contributed by atoms with E-state index in [2.05, 4.69) is 30.1 Å². The number of pyridine rings is 1. The molecule has 0 spiro atoms. The van der Waals surface area contributed by atoms with E-state index in [4.69, 9.17) is 11.6 Å². The van der Waals surface area contributed by atoms with Crippen LogP contribution in [0.1, 0.15) is 53.1 Å². The first-order valence-corrected chi connectivity index (χ1v) is 14.3. The summed E-state index contributed by atoms with van der Waals surface area (Å²) in [5.41, 5.74) is 1.50. The van der Waals surface area contributed by atoms with Gasteiger partial charge >= 0.3 is 6.61 Å². The van der Waals surface area contributed by atoms with Gasteiger partial charge in [-0.25, -0.2) is 14.4 Å². The van der Waals surface area contributed by atoms with Gasteiger partial charge in [0.1, 0.15) is 17.3 Å². The van der Waals surface area contributed by atoms with Gasteiger partial charge in [0, 0.05) is 24.9 Å². The number of benzene rings is 1. The van der Waals surface area contributed by atoms with Crippen LogP contribution in [0.15, 0.2) is 43.0 Å². The SMILES string of the molecule is Cc1cc(C(C)n2cc(NC(=O)c3nc(-c4c(OC(F)F)ccc(Cl)c4F)cnc3C)cn2)cnc1N1C[C@H]2CC[C@H]2C1=O. The fourth-order valence-corrected chi connectivity index (χ4v) is 5.79. The second-order valence-corrected chi connectivity index (χ2v) is 11.4. The summed E-state index contributed by atoms with van der Waals surface area (Å²) >= 11 is 5.88. The zero-order valence-electron chi connectivity index (χ0n) is 23.9. The van der Waals surface area contributed by atoms with Crippen LogP contribution in [0, 0.1) is 31.5 Å². The topological polar surface area (TPSA) is 115 Å². The monoisotopic (exact) mass is 625 g/mol. The number of hydrogen-bond acceptors (Lipinski definition) is 7. The van der Waals surface area contributed by atoms with Gasteiger partial charge in [-0.15, -0.1) is 0 Å². The van der Waals surface area contributed by atoms with Crippen LogP contribution >= 0.6 is 11.6 Å². The van der Waals surface area contributed by atoms with Gasteiger partial charge in [-0.05, 0) is 68.9 Å². The summed E-state index contributed by atoms with van der Waals surface area (Å²) in [7, 11) is 0. The minimum absolute atomic E-state index is 0.125. The molecule has 10 nitrogen and oxygen atoms in total. The Kier molecular flexibility index (Phi) is 7.74. The van der Waals surface area contributed by atoms with E-state index in [1.807, 2.05) is 19.9 Å². The molecule has 1 saturated heterocycles. The number of halogens is 4. The van der Waals surface area contributed by atoms with Crippen molar-refractivity contribution in [1.82, 2.24) is 24.7 Å². The minimum atomic E-state index is -3.23. The second kappa shape index (κ2) is 11.5. The molecular formula is C30H27ClF3N7O3. The van der Waals surface area contributed by atoms with Crippen LogP contribution in [0.25, 0.3) is 11.3 Å². The molecule has 4 heterocycles. The Labute approximate surface area is 255 Å². The van der Waals surface area contributed by atoms with Crippen molar-refractivity contribution in [2.24, 2.45) is 11.8 Å². The second-order valence-electron chi connectivity index (χ2n) is 10.9. The van der Waals surface area contributed by atoms with Crippen molar-refractivity contribution in [2.75, 3.05) is 16.8 Å². The summed E-state index contributed by atoms with van der Waals surface area (Å²) in [5.74, 6) is -0.839. The number of carbonyl (C=O) groups excluding carboxylic acids is 2. The van der Waals surface area contributed by atoms with Crippen LogP contribution in [-0.2, 0) is 4.79 Å². The van der Waals surface area contributed by atoms with Crippen molar-refractivity contribution in [2.45, 2.75) is 46.3 Å². The predicted octanol–water partition coefficient (Wildman–Crippen LogP) is 5.98. The minimum Gasteiger partial charge on any atom is -0.434 e. The van der Waals surface area contributed by atoms with E-state index < -0.39 is 29.6 Å². The number of amides is 2. The first-order chi connectivity index (χ1) is 21.0. The van der Waals surface area contributed by atoms with Crippen LogP contribution in [0.3, 0.4) is 0 Å². The third-order valence-electron chi connectivity index (χ3n) is 8.18. The summed E-state index contributed by atoms with van der Waals surface area (Å²) in [6.07, 6.45) is 7.98. The van der Waals surface area contributed by atoms with E-state index in [1.165, 1.54) is 13.1 Å². The summed E-state index contributed by atoms with van der Waals surface area (Å²) in [4.78, 5) is 40.7. The van der Waals surface area contributed by atoms with Crippen LogP contribution in [0.2, 0.25) is 5.02 Å². The number of alkyl halides is 2. The van der Waals surface area contributed by atoms with Gasteiger partial charge in [-0.3, -0.25) is 24.2 Å². The molecule has 2 fully saturated rings. The number of carbonyl (C=O) groups is 2. The Bertz CT molecular complexity index is 1780. The largest absolute Gasteiger partial charge is 0.434 e. The van der Waals surface area contributed by atoms with Crippen molar-refractivity contribution < 1.29 is 27.5 Å². The molecule has 14 heteroatoms. The molecule has 3 aromatic heterocycles. The Morgan fingerprint density at radius 1 is 1.16 bits per heavy atom. The van der Waals surface area contributed by atoms with Crippen LogP contribution in [0.4, 0.5) is 24.7 Å². The Hall–Kier alpha value is -4.52. The quantitative estimate of drug-likeness (QED) is 0.256. The van der Waals surface area contributed by atoms with Gasteiger partial charge < -0.3 is 10.1 Å². The van der Waals surface area contributed by atoms with Gasteiger partial charge in [0.15, 0.2) is 5.82 Å². The Morgan fingerprint density at radius 3 is 2.61 bits per heavy atom. The van der Waals surface area contributed by atoms with Crippen LogP contribution in [-0.4, -0.2) is 49.7 Å². The first kappa shape index (κ1) is 29.5. The normalized spacial score (nSPS) is 18.3. The predicted molar refractivity (Wildman–Crippen MR) is 155 cm³/mol. The maximum absolute atomic E-state index is 14.9. The standard InChI is InChI=1S/C30H27ClF3N7O3/c1-14-8-18(9-36-27(14)40-12-17-4-5-20(17)29(40)43)16(3)41-13-19(10-37-41)38-28(42)26-15(2)35-11-22(39-26)24-23(44-30(33)34)7-6-21(31)25(24)32/h6-11,13,16-17,20,30H,4-5,12H2,1-3H3,(H,38,42)/t16?,17-,20-/m1/s1. The number of nitrogens with zero attached hydrogens (tertiary/aromatic N) is 6. The number of anilines is 2. The lowest BCUT2D eigenvalue weighted by Crippen LogP contribution is -2.29. The van der Waals surface area contributed by atoms with Crippen LogP contribution in [0.5, 0.6) is 5.75 Å². The van der Waals surface area contributed by atoms with Crippen molar-refractivity contribution in [3.63, 3.8) is 0 Å². The number of fused-ring (bicyclic) bond motifs is 1. The highest BCUT2D eigenvalue weighted by molar-refractivity contribution is 6.31. The molecule has 1 aliphatic carbocycles. The fourth-order valence-electron chi connectivity index (χ4n) is 5.64. The highest BCUT2D eigenvalue weighted by Gasteiger charge is 2.47. The zero-order valence-corrected chi connectivity index (χ0v) is 24.6. The van der Waals surface area contributed by atoms with E-state index >= 15 is 0 Å². The van der Waals surface area contributed by atoms with Gasteiger partial charge in [0.25, 0.3) is 5.91 Å². The van der Waals surface area contributed by atoms with E-state index in [9.17, 15) is 22.8 Å². The smallest absolute Gasteiger partial charge is 0.387 e. The molecule has 228 valence electrons. The summed E-state index contributed by atoms with van der Waals surface area (Å²) < 4.78 is 46.9. The number of aryl methyl sites for hydroxylation is 2. The number of ether oxygens (including phenoxy) is 1. The van der Waals surface area contributed by atoms with Crippen LogP contribution < -0.4 is 15.0 Å². The fraction of sp³-hybridized carbons (Fsp3) is 0.333. The van der Waals surface area contributed by atoms with Gasteiger partial charge in [-0.1, -0.05) is 11.6 Å². The van der Waals surface area contributed by atoms with Crippen molar-refractivity contribution in [3.05, 3.63) is 76.3 Å². The number of hydrogen-bond donors (Lipinski definition) is 1. The molecule has 6 rings (SSSR count). The number of aromatic nitrogens is 5. The molecule has 2 amide bonds. The zero-order chi connectivity index (χ0) is 31.3. The molecule has 1 aromatic carbocycles. The summed E-state index contributed by atoms with van der Waals surface area (Å²) in [6.45, 7) is 2.86. The molecule has 1 saturated carbocycles. The molecule has 0 radical (unpaired) electrons. The van der Waals surface area contributed by atoms with E-state index in [0.29, 0.717) is 24.0 Å². The average Bonchev–Trinajstić information content (AvgIpc) is 3.51. The maximum atomic E-state index is 14.9. The lowest BCUT2D eigenvalue weighted by atomic mass is 9.76.